The molecular formula is C14H16N6OS. The Morgan fingerprint density at radius 3 is 3.00 bits per heavy atom. The van der Waals surface area contributed by atoms with Gasteiger partial charge in [0.15, 0.2) is 5.65 Å². The van der Waals surface area contributed by atoms with E-state index < -0.39 is 0 Å². The van der Waals surface area contributed by atoms with Crippen LogP contribution in [-0.2, 0) is 11.8 Å². The van der Waals surface area contributed by atoms with Crippen molar-refractivity contribution in [2.45, 2.75) is 24.1 Å². The Hall–Kier alpha value is -2.35. The van der Waals surface area contributed by atoms with Gasteiger partial charge in [0, 0.05) is 13.2 Å². The largest absolute Gasteiger partial charge is 0.309 e. The van der Waals surface area contributed by atoms with E-state index in [1.807, 2.05) is 39.1 Å². The number of nitrogens with zero attached hydrogens (tertiary/aromatic N) is 4. The van der Waals surface area contributed by atoms with Crippen molar-refractivity contribution >= 4 is 34.5 Å². The molecule has 0 aromatic carbocycles. The fourth-order valence-electron chi connectivity index (χ4n) is 2.20. The minimum Gasteiger partial charge on any atom is -0.309 e. The maximum atomic E-state index is 12.3. The first-order valence-electron chi connectivity index (χ1n) is 6.82. The van der Waals surface area contributed by atoms with Crippen molar-refractivity contribution < 1.29 is 4.79 Å². The Balaban J connectivity index is 1.75. The number of hydrogen-bond acceptors (Lipinski definition) is 5. The van der Waals surface area contributed by atoms with Crippen molar-refractivity contribution in [3.8, 4) is 0 Å². The molecule has 3 aromatic heterocycles. The number of fused-ring (bicyclic) bond motifs is 1. The average molecular weight is 316 g/mol. The van der Waals surface area contributed by atoms with Crippen molar-refractivity contribution in [2.24, 2.45) is 7.05 Å². The van der Waals surface area contributed by atoms with Gasteiger partial charge in [0.2, 0.25) is 5.91 Å². The fraction of sp³-hybridized carbons (Fsp3) is 0.286. The highest BCUT2D eigenvalue weighted by Crippen LogP contribution is 2.25. The summed E-state index contributed by atoms with van der Waals surface area (Å²) < 4.78 is 1.68. The second-order valence-electron chi connectivity index (χ2n) is 4.92. The molecule has 22 heavy (non-hydrogen) atoms. The highest BCUT2D eigenvalue weighted by molar-refractivity contribution is 8.00. The smallest absolute Gasteiger partial charge is 0.238 e. The lowest BCUT2D eigenvalue weighted by atomic mass is 10.3. The zero-order valence-corrected chi connectivity index (χ0v) is 13.3. The highest BCUT2D eigenvalue weighted by atomic mass is 32.2. The Labute approximate surface area is 131 Å². The van der Waals surface area contributed by atoms with Crippen LogP contribution in [0.2, 0.25) is 0 Å². The Kier molecular flexibility index (Phi) is 3.84. The summed E-state index contributed by atoms with van der Waals surface area (Å²) in [6, 6.07) is 5.63. The zero-order valence-electron chi connectivity index (χ0n) is 12.5. The van der Waals surface area contributed by atoms with Crippen LogP contribution in [-0.4, -0.2) is 36.1 Å². The van der Waals surface area contributed by atoms with Crippen LogP contribution in [0, 0.1) is 6.92 Å². The quantitative estimate of drug-likeness (QED) is 0.720. The number of rotatable bonds is 4. The molecule has 0 fully saturated rings. The van der Waals surface area contributed by atoms with Crippen LogP contribution >= 0.6 is 11.8 Å². The molecule has 114 valence electrons. The zero-order chi connectivity index (χ0) is 15.7. The van der Waals surface area contributed by atoms with Gasteiger partial charge in [-0.25, -0.2) is 9.67 Å². The van der Waals surface area contributed by atoms with Gasteiger partial charge in [-0.15, -0.1) is 0 Å². The second kappa shape index (κ2) is 5.80. The third kappa shape index (κ3) is 2.69. The summed E-state index contributed by atoms with van der Waals surface area (Å²) in [5, 5.41) is 15.6. The third-order valence-electron chi connectivity index (χ3n) is 3.27. The first-order chi connectivity index (χ1) is 10.6. The van der Waals surface area contributed by atoms with Crippen molar-refractivity contribution in [1.82, 2.24) is 25.0 Å². The molecule has 2 N–H and O–H groups in total. The van der Waals surface area contributed by atoms with Crippen molar-refractivity contribution in [2.75, 3.05) is 5.32 Å². The summed E-state index contributed by atoms with van der Waals surface area (Å²) in [5.74, 6) is 0.475. The summed E-state index contributed by atoms with van der Waals surface area (Å²) in [5.41, 5.74) is 1.55. The third-order valence-corrected chi connectivity index (χ3v) is 4.32. The van der Waals surface area contributed by atoms with Gasteiger partial charge in [-0.3, -0.25) is 9.89 Å². The number of pyridine rings is 1. The summed E-state index contributed by atoms with van der Waals surface area (Å²) in [7, 11) is 1.82. The van der Waals surface area contributed by atoms with Crippen LogP contribution in [0.4, 0.5) is 5.82 Å². The lowest BCUT2D eigenvalue weighted by molar-refractivity contribution is -0.115. The maximum Gasteiger partial charge on any atom is 0.238 e. The van der Waals surface area contributed by atoms with Gasteiger partial charge in [-0.1, -0.05) is 17.8 Å². The van der Waals surface area contributed by atoms with Gasteiger partial charge >= 0.3 is 0 Å². The van der Waals surface area contributed by atoms with E-state index in [-0.39, 0.29) is 11.2 Å². The van der Waals surface area contributed by atoms with E-state index in [4.69, 9.17) is 0 Å². The van der Waals surface area contributed by atoms with Crippen LogP contribution in [0.1, 0.15) is 12.6 Å². The molecule has 3 aromatic rings. The van der Waals surface area contributed by atoms with Gasteiger partial charge in [-0.2, -0.15) is 10.2 Å². The van der Waals surface area contributed by atoms with Crippen LogP contribution < -0.4 is 5.32 Å². The number of thioether (sulfide) groups is 1. The molecule has 1 amide bonds. The molecule has 0 spiro atoms. The number of amides is 1. The topological polar surface area (TPSA) is 88.5 Å². The minimum absolute atomic E-state index is 0.107. The molecule has 0 saturated heterocycles. The number of H-pyrrole nitrogens is 1. The Bertz CT molecular complexity index is 809. The summed E-state index contributed by atoms with van der Waals surface area (Å²) in [4.78, 5) is 16.6. The molecule has 7 nitrogen and oxygen atoms in total. The predicted molar refractivity (Wildman–Crippen MR) is 85.8 cm³/mol. The molecule has 0 aliphatic carbocycles. The number of hydrogen-bond donors (Lipinski definition) is 2. The number of aryl methyl sites for hydroxylation is 2. The van der Waals surface area contributed by atoms with Gasteiger partial charge in [-0.05, 0) is 26.0 Å². The summed E-state index contributed by atoms with van der Waals surface area (Å²) >= 11 is 1.41. The standard InChI is InChI=1S/C14H16N6OS/c1-8-11-12(17-18-13(11)20(3)19-8)16-14(21)9(2)22-10-6-4-5-7-15-10/h4-7,9H,1-3H3,(H2,16,17,18,21)/t9-/m0/s1. The summed E-state index contributed by atoms with van der Waals surface area (Å²) in [6.45, 7) is 3.73. The first-order valence-corrected chi connectivity index (χ1v) is 7.70. The fourth-order valence-corrected chi connectivity index (χ4v) is 3.01. The van der Waals surface area contributed by atoms with Gasteiger partial charge in [0.05, 0.1) is 21.4 Å². The van der Waals surface area contributed by atoms with Crippen LogP contribution in [0.25, 0.3) is 11.0 Å². The van der Waals surface area contributed by atoms with Gasteiger partial charge in [0.1, 0.15) is 5.82 Å². The number of aromatic nitrogens is 5. The molecule has 0 unspecified atom stereocenters. The molecule has 0 bridgehead atoms. The monoisotopic (exact) mass is 316 g/mol. The molecule has 1 atom stereocenters. The average Bonchev–Trinajstić information content (AvgIpc) is 3.03. The SMILES string of the molecule is Cc1nn(C)c2n[nH]c(NC(=O)[C@H](C)Sc3ccccn3)c12. The van der Waals surface area contributed by atoms with Crippen molar-refractivity contribution in [1.29, 1.82) is 0 Å². The number of carbonyl (C=O) groups is 1. The number of anilines is 1. The van der Waals surface area contributed by atoms with E-state index >= 15 is 0 Å². The van der Waals surface area contributed by atoms with E-state index in [0.29, 0.717) is 5.82 Å². The molecule has 3 heterocycles. The van der Waals surface area contributed by atoms with E-state index in [0.717, 1.165) is 21.8 Å². The molecule has 0 aliphatic rings. The maximum absolute atomic E-state index is 12.3. The Morgan fingerprint density at radius 1 is 1.45 bits per heavy atom. The molecular weight excluding hydrogens is 300 g/mol. The van der Waals surface area contributed by atoms with Crippen LogP contribution in [0.15, 0.2) is 29.4 Å². The van der Waals surface area contributed by atoms with Crippen LogP contribution in [0.3, 0.4) is 0 Å². The van der Waals surface area contributed by atoms with E-state index in [1.165, 1.54) is 11.8 Å². The van der Waals surface area contributed by atoms with Gasteiger partial charge in [0.25, 0.3) is 0 Å². The predicted octanol–water partition coefficient (Wildman–Crippen LogP) is 2.12. The van der Waals surface area contributed by atoms with E-state index in [2.05, 4.69) is 25.6 Å². The van der Waals surface area contributed by atoms with Crippen LogP contribution in [0.5, 0.6) is 0 Å². The first kappa shape index (κ1) is 14.6. The number of carbonyl (C=O) groups excluding carboxylic acids is 1. The minimum atomic E-state index is -0.273. The molecule has 3 rings (SSSR count). The van der Waals surface area contributed by atoms with E-state index in [9.17, 15) is 4.79 Å². The van der Waals surface area contributed by atoms with Crippen molar-refractivity contribution in [3.63, 3.8) is 0 Å². The van der Waals surface area contributed by atoms with Crippen molar-refractivity contribution in [3.05, 3.63) is 30.1 Å². The normalized spacial score (nSPS) is 12.5. The number of nitrogens with one attached hydrogen (secondary N) is 2. The summed E-state index contributed by atoms with van der Waals surface area (Å²) in [6.07, 6.45) is 1.71. The van der Waals surface area contributed by atoms with Gasteiger partial charge < -0.3 is 5.32 Å². The molecule has 0 radical (unpaired) electrons. The highest BCUT2D eigenvalue weighted by Gasteiger charge is 2.19. The Morgan fingerprint density at radius 2 is 2.27 bits per heavy atom. The molecule has 0 saturated carbocycles. The molecule has 8 heteroatoms. The second-order valence-corrected chi connectivity index (χ2v) is 6.28. The lowest BCUT2D eigenvalue weighted by Crippen LogP contribution is -2.22. The number of aromatic amines is 1. The molecule has 0 aliphatic heterocycles. The lowest BCUT2D eigenvalue weighted by Gasteiger charge is -2.10. The van der Waals surface area contributed by atoms with E-state index in [1.54, 1.807) is 10.9 Å².